The van der Waals surface area contributed by atoms with E-state index in [0.717, 1.165) is 10.5 Å². The molecule has 1 aromatic carbocycles. The Kier molecular flexibility index (Phi) is 4.77. The molecule has 1 heterocycles. The van der Waals surface area contributed by atoms with Crippen molar-refractivity contribution in [3.63, 3.8) is 0 Å². The van der Waals surface area contributed by atoms with Crippen LogP contribution in [0.25, 0.3) is 0 Å². The number of benzene rings is 1. The van der Waals surface area contributed by atoms with Gasteiger partial charge in [-0.15, -0.1) is 0 Å². The summed E-state index contributed by atoms with van der Waals surface area (Å²) in [6.45, 7) is 0.747. The Balaban J connectivity index is 2.13. The zero-order valence-corrected chi connectivity index (χ0v) is 13.3. The number of carboxylic acid groups (broad SMARTS) is 1. The number of methoxy groups -OCH3 is 1. The lowest BCUT2D eigenvalue weighted by molar-refractivity contribution is -0.227. The number of nitrogens with zero attached hydrogens (tertiary/aromatic N) is 1. The number of ether oxygens (including phenoxy) is 1. The molecule has 1 saturated heterocycles. The molecule has 8 heteroatoms. The first-order valence-corrected chi connectivity index (χ1v) is 7.32. The molecular weight excluding hydrogens is 327 g/mol. The minimum atomic E-state index is -4.90. The van der Waals surface area contributed by atoms with Gasteiger partial charge in [0.2, 0.25) is 5.91 Å². The van der Waals surface area contributed by atoms with E-state index in [0.29, 0.717) is 11.3 Å². The fourth-order valence-electron chi connectivity index (χ4n) is 2.81. The molecule has 0 aliphatic carbocycles. The van der Waals surface area contributed by atoms with Crippen LogP contribution in [-0.4, -0.2) is 48.3 Å². The topological polar surface area (TPSA) is 66.8 Å². The van der Waals surface area contributed by atoms with Gasteiger partial charge >= 0.3 is 12.1 Å². The van der Waals surface area contributed by atoms with Crippen LogP contribution in [0.15, 0.2) is 18.2 Å². The number of rotatable bonds is 4. The zero-order chi connectivity index (χ0) is 18.1. The molecule has 1 amide bonds. The Morgan fingerprint density at radius 1 is 1.38 bits per heavy atom. The maximum absolute atomic E-state index is 13.1. The summed E-state index contributed by atoms with van der Waals surface area (Å²) in [4.78, 5) is 24.4. The summed E-state index contributed by atoms with van der Waals surface area (Å²) in [5, 5.41) is 9.01. The van der Waals surface area contributed by atoms with Crippen molar-refractivity contribution < 1.29 is 32.6 Å². The van der Waals surface area contributed by atoms with Gasteiger partial charge in [-0.2, -0.15) is 13.2 Å². The van der Waals surface area contributed by atoms with Crippen molar-refractivity contribution in [3.05, 3.63) is 29.3 Å². The van der Waals surface area contributed by atoms with Gasteiger partial charge < -0.3 is 14.7 Å². The van der Waals surface area contributed by atoms with Crippen molar-refractivity contribution in [2.45, 2.75) is 25.9 Å². The lowest BCUT2D eigenvalue weighted by Crippen LogP contribution is -2.47. The molecule has 5 nitrogen and oxygen atoms in total. The molecule has 2 rings (SSSR count). The van der Waals surface area contributed by atoms with E-state index in [1.165, 1.54) is 7.11 Å². The van der Waals surface area contributed by atoms with Gasteiger partial charge in [0.05, 0.1) is 13.5 Å². The standard InChI is InChI=1S/C16H18F3NO4/c1-10-3-4-11(7-12(10)24-2)8-13(21)20-6-5-15(9-20,14(22)23)16(17,18)19/h3-4,7H,5-6,8-9H2,1-2H3,(H,22,23). The molecule has 1 aliphatic rings. The number of carboxylic acids is 1. The Hall–Kier alpha value is -2.25. The molecule has 0 saturated carbocycles. The van der Waals surface area contributed by atoms with Crippen LogP contribution < -0.4 is 4.74 Å². The lowest BCUT2D eigenvalue weighted by atomic mass is 9.86. The van der Waals surface area contributed by atoms with E-state index >= 15 is 0 Å². The number of carbonyl (C=O) groups is 2. The summed E-state index contributed by atoms with van der Waals surface area (Å²) in [5.74, 6) is -1.90. The Morgan fingerprint density at radius 2 is 2.04 bits per heavy atom. The summed E-state index contributed by atoms with van der Waals surface area (Å²) in [5.41, 5.74) is -1.41. The van der Waals surface area contributed by atoms with Crippen LogP contribution in [-0.2, 0) is 16.0 Å². The van der Waals surface area contributed by atoms with Crippen LogP contribution in [0.4, 0.5) is 13.2 Å². The summed E-state index contributed by atoms with van der Waals surface area (Å²) < 4.78 is 44.6. The molecule has 0 spiro atoms. The van der Waals surface area contributed by atoms with Gasteiger partial charge in [-0.1, -0.05) is 12.1 Å². The fraction of sp³-hybridized carbons (Fsp3) is 0.500. The number of aliphatic carboxylic acids is 1. The normalized spacial score (nSPS) is 21.0. The smallest absolute Gasteiger partial charge is 0.406 e. The molecule has 0 aromatic heterocycles. The first-order chi connectivity index (χ1) is 11.1. The molecule has 1 atom stereocenters. The summed E-state index contributed by atoms with van der Waals surface area (Å²) in [6, 6.07) is 5.10. The molecule has 24 heavy (non-hydrogen) atoms. The minimum absolute atomic E-state index is 0.107. The third-order valence-corrected chi connectivity index (χ3v) is 4.40. The predicted molar refractivity (Wildman–Crippen MR) is 78.8 cm³/mol. The van der Waals surface area contributed by atoms with Gasteiger partial charge in [-0.05, 0) is 30.5 Å². The molecule has 132 valence electrons. The third-order valence-electron chi connectivity index (χ3n) is 4.40. The number of carbonyl (C=O) groups excluding carboxylic acids is 1. The van der Waals surface area contributed by atoms with E-state index in [4.69, 9.17) is 9.84 Å². The summed E-state index contributed by atoms with van der Waals surface area (Å²) in [6.07, 6.45) is -5.64. The number of aryl methyl sites for hydroxylation is 1. The fourth-order valence-corrected chi connectivity index (χ4v) is 2.81. The van der Waals surface area contributed by atoms with E-state index in [1.54, 1.807) is 18.2 Å². The minimum Gasteiger partial charge on any atom is -0.496 e. The van der Waals surface area contributed by atoms with Crippen LogP contribution in [0.5, 0.6) is 5.75 Å². The largest absolute Gasteiger partial charge is 0.496 e. The highest BCUT2D eigenvalue weighted by Crippen LogP contribution is 2.45. The van der Waals surface area contributed by atoms with Crippen LogP contribution in [0.2, 0.25) is 0 Å². The molecule has 1 N–H and O–H groups in total. The average molecular weight is 345 g/mol. The second kappa shape index (κ2) is 6.33. The van der Waals surface area contributed by atoms with Crippen molar-refractivity contribution in [2.24, 2.45) is 5.41 Å². The van der Waals surface area contributed by atoms with Gasteiger partial charge in [-0.25, -0.2) is 0 Å². The molecule has 1 aromatic rings. The summed E-state index contributed by atoms with van der Waals surface area (Å²) in [7, 11) is 1.49. The van der Waals surface area contributed by atoms with E-state index in [1.807, 2.05) is 6.92 Å². The zero-order valence-electron chi connectivity index (χ0n) is 13.3. The second-order valence-corrected chi connectivity index (χ2v) is 5.93. The first-order valence-electron chi connectivity index (χ1n) is 7.32. The number of hydrogen-bond donors (Lipinski definition) is 1. The number of alkyl halides is 3. The van der Waals surface area contributed by atoms with Crippen molar-refractivity contribution in [1.82, 2.24) is 4.90 Å². The number of hydrogen-bond acceptors (Lipinski definition) is 3. The predicted octanol–water partition coefficient (Wildman–Crippen LogP) is 2.41. The third kappa shape index (κ3) is 3.18. The van der Waals surface area contributed by atoms with Crippen LogP contribution in [0.1, 0.15) is 17.5 Å². The monoisotopic (exact) mass is 345 g/mol. The van der Waals surface area contributed by atoms with Crippen molar-refractivity contribution in [3.8, 4) is 5.75 Å². The SMILES string of the molecule is COc1cc(CC(=O)N2CCC(C(=O)O)(C(F)(F)F)C2)ccc1C. The van der Waals surface area contributed by atoms with E-state index < -0.39 is 36.4 Å². The Bertz CT molecular complexity index is 659. The maximum atomic E-state index is 13.1. The van der Waals surface area contributed by atoms with Gasteiger partial charge in [0, 0.05) is 13.1 Å². The molecular formula is C16H18F3NO4. The first kappa shape index (κ1) is 18.1. The number of halogens is 3. The highest BCUT2D eigenvalue weighted by Gasteiger charge is 2.64. The van der Waals surface area contributed by atoms with Crippen molar-refractivity contribution in [1.29, 1.82) is 0 Å². The quantitative estimate of drug-likeness (QED) is 0.910. The average Bonchev–Trinajstić information content (AvgIpc) is 2.95. The highest BCUT2D eigenvalue weighted by atomic mass is 19.4. The van der Waals surface area contributed by atoms with Crippen LogP contribution in [0.3, 0.4) is 0 Å². The number of amides is 1. The van der Waals surface area contributed by atoms with Gasteiger partial charge in [0.1, 0.15) is 5.75 Å². The van der Waals surface area contributed by atoms with Crippen LogP contribution in [0, 0.1) is 12.3 Å². The van der Waals surface area contributed by atoms with E-state index in [2.05, 4.69) is 0 Å². The lowest BCUT2D eigenvalue weighted by Gasteiger charge is -2.27. The molecule has 0 bridgehead atoms. The summed E-state index contributed by atoms with van der Waals surface area (Å²) >= 11 is 0. The molecule has 1 aliphatic heterocycles. The van der Waals surface area contributed by atoms with Crippen LogP contribution >= 0.6 is 0 Å². The van der Waals surface area contributed by atoms with Gasteiger partial charge in [0.25, 0.3) is 0 Å². The Morgan fingerprint density at radius 3 is 2.54 bits per heavy atom. The van der Waals surface area contributed by atoms with E-state index in [-0.39, 0.29) is 13.0 Å². The van der Waals surface area contributed by atoms with Crippen molar-refractivity contribution in [2.75, 3.05) is 20.2 Å². The second-order valence-electron chi connectivity index (χ2n) is 5.93. The maximum Gasteiger partial charge on any atom is 0.406 e. The Labute approximate surface area is 137 Å². The van der Waals surface area contributed by atoms with Gasteiger partial charge in [0.15, 0.2) is 5.41 Å². The highest BCUT2D eigenvalue weighted by molar-refractivity contribution is 5.82. The molecule has 0 radical (unpaired) electrons. The van der Waals surface area contributed by atoms with Gasteiger partial charge in [-0.3, -0.25) is 9.59 Å². The molecule has 1 fully saturated rings. The number of likely N-dealkylation sites (tertiary alicyclic amines) is 1. The van der Waals surface area contributed by atoms with Crippen molar-refractivity contribution >= 4 is 11.9 Å². The molecule has 1 unspecified atom stereocenters. The van der Waals surface area contributed by atoms with E-state index in [9.17, 15) is 22.8 Å².